The summed E-state index contributed by atoms with van der Waals surface area (Å²) < 4.78 is 2.00. The fourth-order valence-electron chi connectivity index (χ4n) is 2.73. The fraction of sp³-hybridized carbons (Fsp3) is 0.667. The third-order valence-electron chi connectivity index (χ3n) is 3.72. The maximum atomic E-state index is 12.0. The average molecular weight is 309 g/mol. The molecule has 1 aliphatic heterocycles. The lowest BCUT2D eigenvalue weighted by Crippen LogP contribution is -2.27. The van der Waals surface area contributed by atoms with E-state index in [1.165, 1.54) is 11.8 Å². The predicted molar refractivity (Wildman–Crippen MR) is 84.1 cm³/mol. The van der Waals surface area contributed by atoms with Crippen LogP contribution in [0.2, 0.25) is 0 Å². The molecule has 21 heavy (non-hydrogen) atoms. The van der Waals surface area contributed by atoms with Crippen LogP contribution >= 0.6 is 11.8 Å². The van der Waals surface area contributed by atoms with Crippen LogP contribution in [0.5, 0.6) is 0 Å². The van der Waals surface area contributed by atoms with Gasteiger partial charge >= 0.3 is 0 Å². The van der Waals surface area contributed by atoms with Crippen molar-refractivity contribution in [2.75, 3.05) is 18.8 Å². The van der Waals surface area contributed by atoms with Crippen molar-refractivity contribution in [1.29, 1.82) is 0 Å². The third-order valence-corrected chi connectivity index (χ3v) is 4.76. The molecule has 2 heterocycles. The Balaban J connectivity index is 1.74. The highest BCUT2D eigenvalue weighted by atomic mass is 32.2. The summed E-state index contributed by atoms with van der Waals surface area (Å²) in [6.45, 7) is 8.03. The van der Waals surface area contributed by atoms with Gasteiger partial charge in [-0.1, -0.05) is 11.8 Å². The standard InChI is InChI=1S/C15H23N3O2S/c1-11-7-12(2)18(16-11)6-4-5-17-9-14(8-15(17)20)10-21-13(3)19/h7,14H,4-6,8-10H2,1-3H3. The number of hydrogen-bond donors (Lipinski definition) is 0. The number of rotatable bonds is 6. The molecular formula is C15H23N3O2S. The number of aryl methyl sites for hydroxylation is 3. The molecule has 1 aliphatic rings. The smallest absolute Gasteiger partial charge is 0.222 e. The van der Waals surface area contributed by atoms with E-state index in [4.69, 9.17) is 0 Å². The number of carbonyl (C=O) groups is 2. The summed E-state index contributed by atoms with van der Waals surface area (Å²) >= 11 is 1.33. The van der Waals surface area contributed by atoms with Crippen molar-refractivity contribution in [3.8, 4) is 0 Å². The molecule has 1 amide bonds. The molecule has 2 rings (SSSR count). The van der Waals surface area contributed by atoms with E-state index in [9.17, 15) is 9.59 Å². The molecule has 1 saturated heterocycles. The molecule has 0 N–H and O–H groups in total. The first kappa shape index (κ1) is 16.1. The maximum absolute atomic E-state index is 12.0. The highest BCUT2D eigenvalue weighted by Crippen LogP contribution is 2.22. The van der Waals surface area contributed by atoms with E-state index in [2.05, 4.69) is 18.1 Å². The average Bonchev–Trinajstić information content (AvgIpc) is 2.91. The van der Waals surface area contributed by atoms with Gasteiger partial charge in [0.2, 0.25) is 5.91 Å². The van der Waals surface area contributed by atoms with Crippen LogP contribution in [0, 0.1) is 19.8 Å². The van der Waals surface area contributed by atoms with Crippen molar-refractivity contribution in [3.63, 3.8) is 0 Å². The highest BCUT2D eigenvalue weighted by Gasteiger charge is 2.29. The molecule has 1 unspecified atom stereocenters. The lowest BCUT2D eigenvalue weighted by atomic mass is 10.1. The van der Waals surface area contributed by atoms with E-state index < -0.39 is 0 Å². The molecule has 1 fully saturated rings. The first-order valence-corrected chi connectivity index (χ1v) is 8.36. The number of aromatic nitrogens is 2. The Hall–Kier alpha value is -1.30. The minimum atomic E-state index is 0.130. The lowest BCUT2D eigenvalue weighted by molar-refractivity contribution is -0.127. The van der Waals surface area contributed by atoms with Gasteiger partial charge in [-0.15, -0.1) is 0 Å². The van der Waals surface area contributed by atoms with Crippen molar-refractivity contribution in [3.05, 3.63) is 17.5 Å². The van der Waals surface area contributed by atoms with E-state index in [0.717, 1.165) is 43.2 Å². The molecule has 0 bridgehead atoms. The van der Waals surface area contributed by atoms with Gasteiger partial charge < -0.3 is 4.90 Å². The topological polar surface area (TPSA) is 55.2 Å². The Morgan fingerprint density at radius 2 is 2.19 bits per heavy atom. The molecular weight excluding hydrogens is 286 g/mol. The van der Waals surface area contributed by atoms with Crippen LogP contribution in [-0.4, -0.2) is 44.5 Å². The molecule has 6 heteroatoms. The number of carbonyl (C=O) groups excluding carboxylic acids is 2. The van der Waals surface area contributed by atoms with Gasteiger partial charge in [-0.3, -0.25) is 14.3 Å². The van der Waals surface area contributed by atoms with Crippen LogP contribution < -0.4 is 0 Å². The molecule has 0 aliphatic carbocycles. The summed E-state index contributed by atoms with van der Waals surface area (Å²) in [5, 5.41) is 4.56. The van der Waals surface area contributed by atoms with Crippen LogP contribution in [0.4, 0.5) is 0 Å². The number of amides is 1. The number of likely N-dealkylation sites (tertiary alicyclic amines) is 1. The predicted octanol–water partition coefficient (Wildman–Crippen LogP) is 2.02. The third kappa shape index (κ3) is 4.59. The molecule has 116 valence electrons. The summed E-state index contributed by atoms with van der Waals surface area (Å²) in [5.41, 5.74) is 2.20. The zero-order chi connectivity index (χ0) is 15.4. The summed E-state index contributed by atoms with van der Waals surface area (Å²) in [7, 11) is 0. The van der Waals surface area contributed by atoms with Crippen molar-refractivity contribution in [1.82, 2.24) is 14.7 Å². The number of thioether (sulfide) groups is 1. The van der Waals surface area contributed by atoms with Gasteiger partial charge in [0.1, 0.15) is 0 Å². The van der Waals surface area contributed by atoms with Gasteiger partial charge in [0.05, 0.1) is 5.69 Å². The van der Waals surface area contributed by atoms with Crippen LogP contribution in [0.25, 0.3) is 0 Å². The highest BCUT2D eigenvalue weighted by molar-refractivity contribution is 8.13. The van der Waals surface area contributed by atoms with Crippen LogP contribution in [0.3, 0.4) is 0 Å². The van der Waals surface area contributed by atoms with Crippen molar-refractivity contribution in [2.45, 2.75) is 40.2 Å². The van der Waals surface area contributed by atoms with E-state index in [1.807, 2.05) is 16.5 Å². The Morgan fingerprint density at radius 3 is 2.81 bits per heavy atom. The SMILES string of the molecule is CC(=O)SCC1CC(=O)N(CCCn2nc(C)cc2C)C1. The zero-order valence-electron chi connectivity index (χ0n) is 13.0. The quantitative estimate of drug-likeness (QED) is 0.807. The van der Waals surface area contributed by atoms with Gasteiger partial charge in [-0.05, 0) is 32.3 Å². The van der Waals surface area contributed by atoms with Crippen molar-refractivity contribution < 1.29 is 9.59 Å². The zero-order valence-corrected chi connectivity index (χ0v) is 13.8. The molecule has 0 aromatic carbocycles. The number of nitrogens with zero attached hydrogens (tertiary/aromatic N) is 3. The van der Waals surface area contributed by atoms with Gasteiger partial charge in [0.15, 0.2) is 5.12 Å². The monoisotopic (exact) mass is 309 g/mol. The minimum absolute atomic E-state index is 0.130. The molecule has 0 saturated carbocycles. The lowest BCUT2D eigenvalue weighted by Gasteiger charge is -2.16. The second-order valence-corrected chi connectivity index (χ2v) is 6.91. The molecule has 0 radical (unpaired) electrons. The Labute approximate surface area is 130 Å². The summed E-state index contributed by atoms with van der Waals surface area (Å²) in [6.07, 6.45) is 1.50. The van der Waals surface area contributed by atoms with E-state index in [0.29, 0.717) is 12.3 Å². The molecule has 1 atom stereocenters. The van der Waals surface area contributed by atoms with E-state index in [1.54, 1.807) is 6.92 Å². The molecule has 5 nitrogen and oxygen atoms in total. The largest absolute Gasteiger partial charge is 0.342 e. The van der Waals surface area contributed by atoms with Gasteiger partial charge in [0.25, 0.3) is 0 Å². The minimum Gasteiger partial charge on any atom is -0.342 e. The second kappa shape index (κ2) is 7.11. The van der Waals surface area contributed by atoms with Gasteiger partial charge in [-0.2, -0.15) is 5.10 Å². The first-order chi connectivity index (χ1) is 9.95. The van der Waals surface area contributed by atoms with Crippen LogP contribution in [-0.2, 0) is 16.1 Å². The Bertz CT molecular complexity index is 527. The molecule has 0 spiro atoms. The summed E-state index contributed by atoms with van der Waals surface area (Å²) in [4.78, 5) is 24.9. The van der Waals surface area contributed by atoms with Gasteiger partial charge in [-0.25, -0.2) is 0 Å². The van der Waals surface area contributed by atoms with E-state index >= 15 is 0 Å². The summed E-state index contributed by atoms with van der Waals surface area (Å²) in [5.74, 6) is 1.30. The van der Waals surface area contributed by atoms with Gasteiger partial charge in [0, 0.05) is 44.4 Å². The Kier molecular flexibility index (Phi) is 5.45. The first-order valence-electron chi connectivity index (χ1n) is 7.38. The van der Waals surface area contributed by atoms with E-state index in [-0.39, 0.29) is 11.0 Å². The second-order valence-electron chi connectivity index (χ2n) is 5.72. The summed E-state index contributed by atoms with van der Waals surface area (Å²) in [6, 6.07) is 2.07. The van der Waals surface area contributed by atoms with Crippen molar-refractivity contribution >= 4 is 22.8 Å². The van der Waals surface area contributed by atoms with Crippen LogP contribution in [0.1, 0.15) is 31.2 Å². The number of hydrogen-bond acceptors (Lipinski definition) is 4. The van der Waals surface area contributed by atoms with Crippen molar-refractivity contribution in [2.24, 2.45) is 5.92 Å². The maximum Gasteiger partial charge on any atom is 0.222 e. The molecule has 1 aromatic rings. The Morgan fingerprint density at radius 1 is 1.43 bits per heavy atom. The fourth-order valence-corrected chi connectivity index (χ4v) is 3.42. The normalized spacial score (nSPS) is 18.5. The van der Waals surface area contributed by atoms with Crippen LogP contribution in [0.15, 0.2) is 6.07 Å². The molecule has 1 aromatic heterocycles.